The van der Waals surface area contributed by atoms with Crippen LogP contribution in [0.4, 0.5) is 0 Å². The first kappa shape index (κ1) is 51.0. The van der Waals surface area contributed by atoms with Gasteiger partial charge in [0.25, 0.3) is 0 Å². The van der Waals surface area contributed by atoms with E-state index < -0.39 is 54.8 Å². The summed E-state index contributed by atoms with van der Waals surface area (Å²) in [7, 11) is 0. The second kappa shape index (κ2) is 26.7. The molecule has 7 aromatic rings. The van der Waals surface area contributed by atoms with Crippen LogP contribution in [-0.4, -0.2) is 79.7 Å². The molecular weight excluding hydrogens is 909 g/mol. The standard InChI is InChI=1S/C61H64O11/c62-60-58(68-41-51-32-18-6-19-33-51)57(67-40-50-30-16-5-17-31-50)55(65-38-48-26-12-3-13-27-48)53(71-60)44-70-61(45-64-37-47-24-10-2-11-25-47)59(69-42-52-34-20-7-21-35-52)56(66-39-49-28-14-4-15-29-49)54(72-61)43-63-36-46-22-8-1-9-23-46/h1-35,53-60,62H,36-45H2/t53-,54-,55-,56-,57+,58+,59+,60+,61?/m1/s1. The summed E-state index contributed by atoms with van der Waals surface area (Å²) in [6.07, 6.45) is -7.18. The second-order valence-electron chi connectivity index (χ2n) is 18.1. The van der Waals surface area contributed by atoms with Crippen LogP contribution in [-0.2, 0) is 93.6 Å². The van der Waals surface area contributed by atoms with Gasteiger partial charge in [-0.1, -0.05) is 212 Å². The van der Waals surface area contributed by atoms with Crippen molar-refractivity contribution in [3.63, 3.8) is 0 Å². The minimum Gasteiger partial charge on any atom is -0.374 e. The van der Waals surface area contributed by atoms with Gasteiger partial charge in [-0.05, 0) is 38.9 Å². The first-order chi connectivity index (χ1) is 35.6. The van der Waals surface area contributed by atoms with Crippen molar-refractivity contribution in [2.24, 2.45) is 0 Å². The van der Waals surface area contributed by atoms with Gasteiger partial charge in [-0.25, -0.2) is 0 Å². The zero-order chi connectivity index (χ0) is 49.1. The monoisotopic (exact) mass is 972 g/mol. The Balaban J connectivity index is 1.06. The Hall–Kier alpha value is -5.90. The van der Waals surface area contributed by atoms with E-state index in [1.807, 2.05) is 212 Å². The van der Waals surface area contributed by atoms with E-state index >= 15 is 0 Å². The molecule has 374 valence electrons. The molecule has 1 unspecified atom stereocenters. The first-order valence-electron chi connectivity index (χ1n) is 24.7. The molecule has 7 aromatic carbocycles. The molecule has 9 rings (SSSR count). The first-order valence-corrected chi connectivity index (χ1v) is 24.7. The third-order valence-corrected chi connectivity index (χ3v) is 12.8. The molecule has 0 bridgehead atoms. The van der Waals surface area contributed by atoms with Gasteiger partial charge in [0.1, 0.15) is 49.3 Å². The Morgan fingerprint density at radius 1 is 0.347 bits per heavy atom. The molecule has 2 aliphatic heterocycles. The number of hydrogen-bond acceptors (Lipinski definition) is 11. The summed E-state index contributed by atoms with van der Waals surface area (Å²) in [4.78, 5) is 0. The maximum absolute atomic E-state index is 12.1. The van der Waals surface area contributed by atoms with Crippen LogP contribution in [0.2, 0.25) is 0 Å². The summed E-state index contributed by atoms with van der Waals surface area (Å²) in [6, 6.07) is 69.5. The van der Waals surface area contributed by atoms with Gasteiger partial charge in [-0.3, -0.25) is 0 Å². The van der Waals surface area contributed by atoms with Crippen LogP contribution in [0.1, 0.15) is 38.9 Å². The molecule has 0 radical (unpaired) electrons. The highest BCUT2D eigenvalue weighted by Gasteiger charge is 2.59. The molecule has 11 heteroatoms. The van der Waals surface area contributed by atoms with Crippen molar-refractivity contribution in [2.45, 2.75) is 101 Å². The molecule has 2 fully saturated rings. The number of benzene rings is 7. The van der Waals surface area contributed by atoms with Crippen LogP contribution in [0, 0.1) is 0 Å². The number of ether oxygens (including phenoxy) is 10. The molecule has 0 aliphatic carbocycles. The predicted molar refractivity (Wildman–Crippen MR) is 272 cm³/mol. The summed E-state index contributed by atoms with van der Waals surface area (Å²) < 4.78 is 68.3. The maximum Gasteiger partial charge on any atom is 0.222 e. The van der Waals surface area contributed by atoms with Crippen LogP contribution < -0.4 is 0 Å². The molecule has 0 saturated carbocycles. The topological polar surface area (TPSA) is 113 Å². The molecule has 0 amide bonds. The van der Waals surface area contributed by atoms with Crippen LogP contribution in [0.3, 0.4) is 0 Å². The summed E-state index contributed by atoms with van der Waals surface area (Å²) in [5, 5.41) is 12.1. The van der Waals surface area contributed by atoms with E-state index in [0.29, 0.717) is 6.61 Å². The predicted octanol–water partition coefficient (Wildman–Crippen LogP) is 10.2. The van der Waals surface area contributed by atoms with E-state index in [9.17, 15) is 5.11 Å². The van der Waals surface area contributed by atoms with Crippen molar-refractivity contribution in [3.8, 4) is 0 Å². The van der Waals surface area contributed by atoms with Crippen molar-refractivity contribution in [1.82, 2.24) is 0 Å². The van der Waals surface area contributed by atoms with Gasteiger partial charge in [-0.2, -0.15) is 0 Å². The second-order valence-corrected chi connectivity index (χ2v) is 18.1. The molecule has 72 heavy (non-hydrogen) atoms. The summed E-state index contributed by atoms with van der Waals surface area (Å²) in [5.74, 6) is -1.61. The van der Waals surface area contributed by atoms with E-state index in [1.54, 1.807) is 0 Å². The number of hydrogen-bond donors (Lipinski definition) is 1. The van der Waals surface area contributed by atoms with E-state index in [1.165, 1.54) is 0 Å². The minimum absolute atomic E-state index is 0.0662. The summed E-state index contributed by atoms with van der Waals surface area (Å²) >= 11 is 0. The Morgan fingerprint density at radius 3 is 1.12 bits per heavy atom. The van der Waals surface area contributed by atoms with E-state index in [0.717, 1.165) is 38.9 Å². The zero-order valence-corrected chi connectivity index (χ0v) is 40.4. The Labute approximate surface area is 423 Å². The smallest absolute Gasteiger partial charge is 0.222 e. The minimum atomic E-state index is -1.61. The number of rotatable bonds is 26. The van der Waals surface area contributed by atoms with Crippen LogP contribution in [0.25, 0.3) is 0 Å². The highest BCUT2D eigenvalue weighted by molar-refractivity contribution is 5.19. The third-order valence-electron chi connectivity index (χ3n) is 12.8. The van der Waals surface area contributed by atoms with Gasteiger partial charge in [0, 0.05) is 0 Å². The molecule has 2 saturated heterocycles. The highest BCUT2D eigenvalue weighted by Crippen LogP contribution is 2.40. The van der Waals surface area contributed by atoms with Gasteiger partial charge >= 0.3 is 0 Å². The van der Waals surface area contributed by atoms with Crippen LogP contribution >= 0.6 is 0 Å². The van der Waals surface area contributed by atoms with Gasteiger partial charge < -0.3 is 52.5 Å². The van der Waals surface area contributed by atoms with Crippen molar-refractivity contribution in [2.75, 3.05) is 19.8 Å². The fourth-order valence-corrected chi connectivity index (χ4v) is 9.06. The highest BCUT2D eigenvalue weighted by atomic mass is 16.8. The fourth-order valence-electron chi connectivity index (χ4n) is 9.06. The Morgan fingerprint density at radius 2 is 0.694 bits per heavy atom. The molecule has 0 aromatic heterocycles. The normalized spacial score (nSPS) is 24.0. The van der Waals surface area contributed by atoms with Crippen molar-refractivity contribution in [3.05, 3.63) is 251 Å². The lowest BCUT2D eigenvalue weighted by Gasteiger charge is -2.45. The van der Waals surface area contributed by atoms with Crippen LogP contribution in [0.5, 0.6) is 0 Å². The van der Waals surface area contributed by atoms with E-state index in [2.05, 4.69) is 0 Å². The third kappa shape index (κ3) is 14.4. The molecule has 2 aliphatic rings. The maximum atomic E-state index is 12.1. The molecule has 11 nitrogen and oxygen atoms in total. The Kier molecular flexibility index (Phi) is 18.9. The van der Waals surface area contributed by atoms with Gasteiger partial charge in [0.05, 0.1) is 59.5 Å². The fraction of sp³-hybridized carbons (Fsp3) is 0.311. The molecule has 0 spiro atoms. The van der Waals surface area contributed by atoms with E-state index in [4.69, 9.17) is 47.4 Å². The SMILES string of the molecule is O[C@H]1O[C@H](COC2(COCc3ccccc3)O[C@H](COCc3ccccc3)[C@@H](OCc3ccccc3)[C@@H]2OCc2ccccc2)[C@@H](OCc2ccccc2)[C@H](OCc2ccccc2)[C@@H]1OCc1ccccc1. The lowest BCUT2D eigenvalue weighted by atomic mass is 9.97. The molecule has 2 heterocycles. The average molecular weight is 973 g/mol. The van der Waals surface area contributed by atoms with Crippen molar-refractivity contribution < 1.29 is 52.5 Å². The summed E-state index contributed by atoms with van der Waals surface area (Å²) in [5.41, 5.74) is 6.76. The lowest BCUT2D eigenvalue weighted by Crippen LogP contribution is -2.62. The average Bonchev–Trinajstić information content (AvgIpc) is 3.72. The van der Waals surface area contributed by atoms with Gasteiger partial charge in [-0.15, -0.1) is 0 Å². The van der Waals surface area contributed by atoms with Gasteiger partial charge in [0.15, 0.2) is 6.29 Å². The molecule has 9 atom stereocenters. The molecule has 1 N–H and O–H groups in total. The van der Waals surface area contributed by atoms with Gasteiger partial charge in [0.2, 0.25) is 5.79 Å². The van der Waals surface area contributed by atoms with Crippen molar-refractivity contribution >= 4 is 0 Å². The quantitative estimate of drug-likeness (QED) is 0.0560. The number of aliphatic hydroxyl groups is 1. The van der Waals surface area contributed by atoms with Crippen molar-refractivity contribution in [1.29, 1.82) is 0 Å². The Bertz CT molecular complexity index is 2560. The van der Waals surface area contributed by atoms with Crippen LogP contribution in [0.15, 0.2) is 212 Å². The van der Waals surface area contributed by atoms with E-state index in [-0.39, 0.29) is 59.5 Å². The molecular formula is C61H64O11. The lowest BCUT2D eigenvalue weighted by molar-refractivity contribution is -0.341. The largest absolute Gasteiger partial charge is 0.374 e. The summed E-state index contributed by atoms with van der Waals surface area (Å²) in [6.45, 7) is 1.71. The number of aliphatic hydroxyl groups excluding tert-OH is 1. The zero-order valence-electron chi connectivity index (χ0n) is 40.4.